The van der Waals surface area contributed by atoms with E-state index in [2.05, 4.69) is 16.3 Å². The molecular formula is C13H17N2O. The van der Waals surface area contributed by atoms with Gasteiger partial charge in [0.1, 0.15) is 0 Å². The van der Waals surface area contributed by atoms with E-state index in [0.29, 0.717) is 13.1 Å². The van der Waals surface area contributed by atoms with Gasteiger partial charge in [0.05, 0.1) is 13.1 Å². The molecule has 1 aromatic carbocycles. The molecule has 1 saturated heterocycles. The van der Waals surface area contributed by atoms with E-state index in [4.69, 9.17) is 0 Å². The topological polar surface area (TPSA) is 32.3 Å². The standard InChI is InChI=1S/C13H17N2O/c16-13(10-12-6-2-1-3-7-12)14-11-15-8-4-5-9-15/h2-3,6-7H,4-5,8-11H2,(H,14,16). The summed E-state index contributed by atoms with van der Waals surface area (Å²) in [6.45, 7) is 2.92. The summed E-state index contributed by atoms with van der Waals surface area (Å²) in [5.41, 5.74) is 1.04. The third kappa shape index (κ3) is 3.35. The predicted molar refractivity (Wildman–Crippen MR) is 62.8 cm³/mol. The van der Waals surface area contributed by atoms with Gasteiger partial charge in [0.2, 0.25) is 5.91 Å². The number of likely N-dealkylation sites (tertiary alicyclic amines) is 1. The molecular weight excluding hydrogens is 200 g/mol. The lowest BCUT2D eigenvalue weighted by Crippen LogP contribution is -2.36. The van der Waals surface area contributed by atoms with E-state index in [9.17, 15) is 4.79 Å². The third-order valence-corrected chi connectivity index (χ3v) is 2.85. The van der Waals surface area contributed by atoms with Crippen molar-refractivity contribution >= 4 is 5.91 Å². The van der Waals surface area contributed by atoms with Gasteiger partial charge < -0.3 is 5.32 Å². The van der Waals surface area contributed by atoms with Crippen molar-refractivity contribution in [1.82, 2.24) is 10.2 Å². The summed E-state index contributed by atoms with van der Waals surface area (Å²) in [7, 11) is 0. The fraction of sp³-hybridized carbons (Fsp3) is 0.462. The normalized spacial score (nSPS) is 16.2. The third-order valence-electron chi connectivity index (χ3n) is 2.85. The second kappa shape index (κ2) is 5.66. The molecule has 2 rings (SSSR count). The molecule has 1 heterocycles. The molecule has 0 bridgehead atoms. The molecule has 1 aliphatic rings. The maximum absolute atomic E-state index is 11.6. The smallest absolute Gasteiger partial charge is 0.225 e. The number of hydrogen-bond acceptors (Lipinski definition) is 2. The second-order valence-corrected chi connectivity index (χ2v) is 4.17. The molecule has 85 valence electrons. The van der Waals surface area contributed by atoms with Crippen LogP contribution in [0, 0.1) is 6.07 Å². The zero-order valence-electron chi connectivity index (χ0n) is 9.41. The molecule has 0 atom stereocenters. The summed E-state index contributed by atoms with van der Waals surface area (Å²) in [4.78, 5) is 13.9. The Bertz CT molecular complexity index is 331. The maximum Gasteiger partial charge on any atom is 0.225 e. The van der Waals surface area contributed by atoms with Gasteiger partial charge in [0.25, 0.3) is 0 Å². The highest BCUT2D eigenvalue weighted by molar-refractivity contribution is 5.78. The van der Waals surface area contributed by atoms with E-state index in [1.807, 2.05) is 24.3 Å². The maximum atomic E-state index is 11.6. The molecule has 16 heavy (non-hydrogen) atoms. The van der Waals surface area contributed by atoms with E-state index >= 15 is 0 Å². The van der Waals surface area contributed by atoms with E-state index in [1.54, 1.807) is 0 Å². The van der Waals surface area contributed by atoms with Gasteiger partial charge in [0, 0.05) is 0 Å². The quantitative estimate of drug-likeness (QED) is 0.822. The zero-order chi connectivity index (χ0) is 11.2. The Labute approximate surface area is 96.5 Å². The Morgan fingerprint density at radius 2 is 2.00 bits per heavy atom. The highest BCUT2D eigenvalue weighted by Gasteiger charge is 2.11. The van der Waals surface area contributed by atoms with E-state index in [1.165, 1.54) is 12.8 Å². The highest BCUT2D eigenvalue weighted by atomic mass is 16.1. The van der Waals surface area contributed by atoms with Crippen LogP contribution in [-0.2, 0) is 11.2 Å². The van der Waals surface area contributed by atoms with Gasteiger partial charge in [-0.1, -0.05) is 24.3 Å². The number of carbonyl (C=O) groups excluding carboxylic acids is 1. The van der Waals surface area contributed by atoms with Crippen LogP contribution >= 0.6 is 0 Å². The first kappa shape index (κ1) is 11.1. The highest BCUT2D eigenvalue weighted by Crippen LogP contribution is 2.05. The molecule has 0 unspecified atom stereocenters. The van der Waals surface area contributed by atoms with Gasteiger partial charge >= 0.3 is 0 Å². The lowest BCUT2D eigenvalue weighted by Gasteiger charge is -2.15. The number of benzene rings is 1. The van der Waals surface area contributed by atoms with Crippen LogP contribution in [-0.4, -0.2) is 30.6 Å². The van der Waals surface area contributed by atoms with Crippen LogP contribution in [0.5, 0.6) is 0 Å². The Morgan fingerprint density at radius 3 is 2.69 bits per heavy atom. The zero-order valence-corrected chi connectivity index (χ0v) is 9.41. The monoisotopic (exact) mass is 217 g/mol. The van der Waals surface area contributed by atoms with Crippen LogP contribution in [0.25, 0.3) is 0 Å². The van der Waals surface area contributed by atoms with Gasteiger partial charge in [-0.3, -0.25) is 9.69 Å². The molecule has 1 N–H and O–H groups in total. The fourth-order valence-corrected chi connectivity index (χ4v) is 1.93. The van der Waals surface area contributed by atoms with Gasteiger partial charge in [-0.15, -0.1) is 0 Å². The van der Waals surface area contributed by atoms with Crippen LogP contribution in [0.1, 0.15) is 18.4 Å². The molecule has 1 aliphatic heterocycles. The van der Waals surface area contributed by atoms with Crippen molar-refractivity contribution in [1.29, 1.82) is 0 Å². The minimum absolute atomic E-state index is 0.0955. The molecule has 1 fully saturated rings. The van der Waals surface area contributed by atoms with E-state index in [0.717, 1.165) is 18.7 Å². The van der Waals surface area contributed by atoms with Crippen LogP contribution in [0.15, 0.2) is 24.3 Å². The number of nitrogens with one attached hydrogen (secondary N) is 1. The number of amides is 1. The van der Waals surface area contributed by atoms with E-state index < -0.39 is 0 Å². The Kier molecular flexibility index (Phi) is 3.94. The van der Waals surface area contributed by atoms with Gasteiger partial charge in [-0.2, -0.15) is 0 Å². The van der Waals surface area contributed by atoms with Crippen LogP contribution in [0.4, 0.5) is 0 Å². The summed E-state index contributed by atoms with van der Waals surface area (Å²) in [6, 6.07) is 10.5. The first-order valence-corrected chi connectivity index (χ1v) is 5.78. The minimum Gasteiger partial charge on any atom is -0.343 e. The molecule has 0 aliphatic carbocycles. The predicted octanol–water partition coefficient (Wildman–Crippen LogP) is 1.20. The number of hydrogen-bond donors (Lipinski definition) is 1. The van der Waals surface area contributed by atoms with Crippen molar-refractivity contribution < 1.29 is 4.79 Å². The van der Waals surface area contributed by atoms with Crippen molar-refractivity contribution in [3.63, 3.8) is 0 Å². The van der Waals surface area contributed by atoms with Gasteiger partial charge in [-0.05, 0) is 37.6 Å². The number of rotatable bonds is 4. The first-order chi connectivity index (χ1) is 7.84. The molecule has 1 aromatic rings. The van der Waals surface area contributed by atoms with Crippen molar-refractivity contribution in [2.75, 3.05) is 19.8 Å². The average molecular weight is 217 g/mol. The molecule has 3 heteroatoms. The summed E-state index contributed by atoms with van der Waals surface area (Å²) >= 11 is 0. The van der Waals surface area contributed by atoms with Gasteiger partial charge in [0.15, 0.2) is 0 Å². The van der Waals surface area contributed by atoms with Crippen LogP contribution < -0.4 is 5.32 Å². The SMILES string of the molecule is O=C(Cc1cc[c]cc1)NCN1CCCC1. The molecule has 1 radical (unpaired) electrons. The lowest BCUT2D eigenvalue weighted by atomic mass is 10.1. The van der Waals surface area contributed by atoms with Crippen LogP contribution in [0.2, 0.25) is 0 Å². The Balaban J connectivity index is 1.72. The molecule has 0 saturated carbocycles. The lowest BCUT2D eigenvalue weighted by molar-refractivity contribution is -0.121. The summed E-state index contributed by atoms with van der Waals surface area (Å²) in [6.07, 6.45) is 2.97. The minimum atomic E-state index is 0.0955. The average Bonchev–Trinajstić information content (AvgIpc) is 2.81. The van der Waals surface area contributed by atoms with E-state index in [-0.39, 0.29) is 5.91 Å². The molecule has 0 spiro atoms. The molecule has 3 nitrogen and oxygen atoms in total. The fourth-order valence-electron chi connectivity index (χ4n) is 1.93. The Hall–Kier alpha value is -1.35. The molecule has 0 aromatic heterocycles. The molecule has 1 amide bonds. The largest absolute Gasteiger partial charge is 0.343 e. The first-order valence-electron chi connectivity index (χ1n) is 5.78. The number of nitrogens with zero attached hydrogens (tertiary/aromatic N) is 1. The van der Waals surface area contributed by atoms with Crippen molar-refractivity contribution in [3.05, 3.63) is 35.9 Å². The van der Waals surface area contributed by atoms with Crippen molar-refractivity contribution in [2.45, 2.75) is 19.3 Å². The van der Waals surface area contributed by atoms with Crippen LogP contribution in [0.3, 0.4) is 0 Å². The summed E-state index contributed by atoms with van der Waals surface area (Å²) in [5, 5.41) is 2.95. The van der Waals surface area contributed by atoms with Gasteiger partial charge in [-0.25, -0.2) is 0 Å². The second-order valence-electron chi connectivity index (χ2n) is 4.17. The number of carbonyl (C=O) groups is 1. The Morgan fingerprint density at radius 1 is 1.31 bits per heavy atom. The summed E-state index contributed by atoms with van der Waals surface area (Å²) < 4.78 is 0. The van der Waals surface area contributed by atoms with Crippen molar-refractivity contribution in [3.8, 4) is 0 Å². The summed E-state index contributed by atoms with van der Waals surface area (Å²) in [5.74, 6) is 0.0955. The van der Waals surface area contributed by atoms with Crippen molar-refractivity contribution in [2.24, 2.45) is 0 Å².